The zero-order valence-electron chi connectivity index (χ0n) is 9.37. The lowest BCUT2D eigenvalue weighted by Crippen LogP contribution is -2.09. The summed E-state index contributed by atoms with van der Waals surface area (Å²) in [5.74, 6) is 0.412. The number of para-hydroxylation sites is 1. The molecule has 0 saturated carbocycles. The standard InChI is InChI=1S/C11H13N3O2S/c1-2-17(15,16)10-6-4-3-5-9(10)14-8-7-11(12)13-14/h3-8H,2H2,1H3,(H2,12,13). The largest absolute Gasteiger partial charge is 0.382 e. The molecule has 2 N–H and O–H groups in total. The second-order valence-electron chi connectivity index (χ2n) is 3.56. The number of nitrogens with two attached hydrogens (primary N) is 1. The van der Waals surface area contributed by atoms with Crippen molar-refractivity contribution in [1.29, 1.82) is 0 Å². The highest BCUT2D eigenvalue weighted by atomic mass is 32.2. The Morgan fingerprint density at radius 2 is 2.00 bits per heavy atom. The first kappa shape index (κ1) is 11.7. The van der Waals surface area contributed by atoms with Crippen molar-refractivity contribution in [2.45, 2.75) is 11.8 Å². The fraction of sp³-hybridized carbons (Fsp3) is 0.182. The smallest absolute Gasteiger partial charge is 0.180 e. The summed E-state index contributed by atoms with van der Waals surface area (Å²) in [7, 11) is -3.27. The monoisotopic (exact) mass is 251 g/mol. The SMILES string of the molecule is CCS(=O)(=O)c1ccccc1-n1ccc(N)n1. The predicted molar refractivity (Wildman–Crippen MR) is 65.7 cm³/mol. The molecule has 0 aliphatic heterocycles. The van der Waals surface area contributed by atoms with Crippen molar-refractivity contribution in [3.05, 3.63) is 36.5 Å². The molecule has 2 aromatic rings. The number of nitrogen functional groups attached to an aromatic ring is 1. The van der Waals surface area contributed by atoms with Gasteiger partial charge in [-0.1, -0.05) is 19.1 Å². The first-order valence-electron chi connectivity index (χ1n) is 5.18. The van der Waals surface area contributed by atoms with Crippen LogP contribution in [0.15, 0.2) is 41.4 Å². The first-order valence-corrected chi connectivity index (χ1v) is 6.83. The van der Waals surface area contributed by atoms with Crippen LogP contribution >= 0.6 is 0 Å². The summed E-state index contributed by atoms with van der Waals surface area (Å²) in [6.45, 7) is 1.61. The van der Waals surface area contributed by atoms with Gasteiger partial charge in [0.25, 0.3) is 0 Å². The van der Waals surface area contributed by atoms with Gasteiger partial charge in [0.15, 0.2) is 9.84 Å². The van der Waals surface area contributed by atoms with E-state index < -0.39 is 9.84 Å². The van der Waals surface area contributed by atoms with Crippen LogP contribution in [0.25, 0.3) is 5.69 Å². The Balaban J connectivity index is 2.64. The van der Waals surface area contributed by atoms with Gasteiger partial charge in [0.1, 0.15) is 5.82 Å². The Kier molecular flexibility index (Phi) is 2.89. The summed E-state index contributed by atoms with van der Waals surface area (Å²) in [4.78, 5) is 0.269. The molecule has 0 saturated heterocycles. The van der Waals surface area contributed by atoms with Crippen molar-refractivity contribution in [1.82, 2.24) is 9.78 Å². The zero-order valence-corrected chi connectivity index (χ0v) is 10.2. The number of rotatable bonds is 3. The van der Waals surface area contributed by atoms with Crippen LogP contribution in [0.1, 0.15) is 6.92 Å². The summed E-state index contributed by atoms with van der Waals surface area (Å²) in [6.07, 6.45) is 1.64. The van der Waals surface area contributed by atoms with E-state index in [0.29, 0.717) is 11.5 Å². The van der Waals surface area contributed by atoms with Crippen LogP contribution in [0.2, 0.25) is 0 Å². The molecule has 1 aromatic carbocycles. The van der Waals surface area contributed by atoms with Gasteiger partial charge >= 0.3 is 0 Å². The van der Waals surface area contributed by atoms with Crippen molar-refractivity contribution >= 4 is 15.7 Å². The van der Waals surface area contributed by atoms with E-state index in [9.17, 15) is 8.42 Å². The fourth-order valence-electron chi connectivity index (χ4n) is 1.54. The van der Waals surface area contributed by atoms with Crippen LogP contribution in [0.5, 0.6) is 0 Å². The number of hydrogen-bond donors (Lipinski definition) is 1. The fourth-order valence-corrected chi connectivity index (χ4v) is 2.61. The molecular weight excluding hydrogens is 238 g/mol. The maximum absolute atomic E-state index is 11.9. The molecule has 0 radical (unpaired) electrons. The molecule has 0 amide bonds. The minimum atomic E-state index is -3.27. The van der Waals surface area contributed by atoms with Crippen LogP contribution in [-0.4, -0.2) is 24.0 Å². The van der Waals surface area contributed by atoms with Gasteiger partial charge in [-0.3, -0.25) is 0 Å². The van der Waals surface area contributed by atoms with Crippen LogP contribution in [0.3, 0.4) is 0 Å². The van der Waals surface area contributed by atoms with Crippen LogP contribution in [0.4, 0.5) is 5.82 Å². The molecule has 5 nitrogen and oxygen atoms in total. The molecule has 1 aromatic heterocycles. The molecule has 90 valence electrons. The highest BCUT2D eigenvalue weighted by Crippen LogP contribution is 2.20. The number of sulfone groups is 1. The van der Waals surface area contributed by atoms with Gasteiger partial charge in [-0.05, 0) is 12.1 Å². The second kappa shape index (κ2) is 4.21. The van der Waals surface area contributed by atoms with E-state index >= 15 is 0 Å². The van der Waals surface area contributed by atoms with E-state index in [1.54, 1.807) is 43.5 Å². The highest BCUT2D eigenvalue weighted by Gasteiger charge is 2.17. The predicted octanol–water partition coefficient (Wildman–Crippen LogP) is 1.25. The van der Waals surface area contributed by atoms with Gasteiger partial charge in [0, 0.05) is 12.3 Å². The van der Waals surface area contributed by atoms with Gasteiger partial charge in [-0.25, -0.2) is 13.1 Å². The number of hydrogen-bond acceptors (Lipinski definition) is 4. The van der Waals surface area contributed by atoms with E-state index in [2.05, 4.69) is 5.10 Å². The number of anilines is 1. The van der Waals surface area contributed by atoms with Gasteiger partial charge in [-0.15, -0.1) is 0 Å². The zero-order chi connectivity index (χ0) is 12.5. The molecular formula is C11H13N3O2S. The molecule has 0 aliphatic carbocycles. The summed E-state index contributed by atoms with van der Waals surface area (Å²) < 4.78 is 25.3. The molecule has 0 aliphatic rings. The molecule has 0 atom stereocenters. The minimum absolute atomic E-state index is 0.0563. The van der Waals surface area contributed by atoms with Crippen LogP contribution < -0.4 is 5.73 Å². The lowest BCUT2D eigenvalue weighted by atomic mass is 10.3. The lowest BCUT2D eigenvalue weighted by molar-refractivity contribution is 0.596. The highest BCUT2D eigenvalue weighted by molar-refractivity contribution is 7.91. The van der Waals surface area contributed by atoms with Crippen molar-refractivity contribution in [2.75, 3.05) is 11.5 Å². The topological polar surface area (TPSA) is 78.0 Å². The first-order chi connectivity index (χ1) is 8.04. The maximum atomic E-state index is 11.9. The van der Waals surface area contributed by atoms with Crippen LogP contribution in [-0.2, 0) is 9.84 Å². The lowest BCUT2D eigenvalue weighted by Gasteiger charge is -2.08. The summed E-state index contributed by atoms with van der Waals surface area (Å²) in [6, 6.07) is 8.36. The molecule has 6 heteroatoms. The van der Waals surface area contributed by atoms with E-state index in [-0.39, 0.29) is 10.6 Å². The molecule has 0 spiro atoms. The number of nitrogens with zero attached hydrogens (tertiary/aromatic N) is 2. The van der Waals surface area contributed by atoms with E-state index in [0.717, 1.165) is 0 Å². The van der Waals surface area contributed by atoms with E-state index in [1.807, 2.05) is 0 Å². The van der Waals surface area contributed by atoms with Crippen molar-refractivity contribution < 1.29 is 8.42 Å². The Morgan fingerprint density at radius 1 is 1.29 bits per heavy atom. The maximum Gasteiger partial charge on any atom is 0.180 e. The number of benzene rings is 1. The van der Waals surface area contributed by atoms with Gasteiger partial charge in [0.05, 0.1) is 16.3 Å². The number of aromatic nitrogens is 2. The normalized spacial score (nSPS) is 11.6. The van der Waals surface area contributed by atoms with Crippen molar-refractivity contribution in [3.63, 3.8) is 0 Å². The summed E-state index contributed by atoms with van der Waals surface area (Å²) in [5.41, 5.74) is 6.05. The molecule has 2 rings (SSSR count). The molecule has 17 heavy (non-hydrogen) atoms. The second-order valence-corrected chi connectivity index (χ2v) is 5.80. The van der Waals surface area contributed by atoms with Crippen molar-refractivity contribution in [2.24, 2.45) is 0 Å². The average molecular weight is 251 g/mol. The van der Waals surface area contributed by atoms with Gasteiger partial charge in [0.2, 0.25) is 0 Å². The van der Waals surface area contributed by atoms with Crippen molar-refractivity contribution in [3.8, 4) is 5.69 Å². The Hall–Kier alpha value is -1.82. The Labute approximate surface area is 99.8 Å². The quantitative estimate of drug-likeness (QED) is 0.890. The van der Waals surface area contributed by atoms with E-state index in [4.69, 9.17) is 5.73 Å². The average Bonchev–Trinajstić information content (AvgIpc) is 2.76. The van der Waals surface area contributed by atoms with Gasteiger partial charge in [-0.2, -0.15) is 5.10 Å². The van der Waals surface area contributed by atoms with Crippen LogP contribution in [0, 0.1) is 0 Å². The third-order valence-electron chi connectivity index (χ3n) is 2.44. The minimum Gasteiger partial charge on any atom is -0.382 e. The molecule has 0 fully saturated rings. The van der Waals surface area contributed by atoms with Gasteiger partial charge < -0.3 is 5.73 Å². The Morgan fingerprint density at radius 3 is 2.59 bits per heavy atom. The molecule has 0 bridgehead atoms. The molecule has 1 heterocycles. The third kappa shape index (κ3) is 2.16. The Bertz CT molecular complexity index is 632. The summed E-state index contributed by atoms with van der Waals surface area (Å²) in [5, 5.41) is 4.02. The third-order valence-corrected chi connectivity index (χ3v) is 4.21. The molecule has 0 unspecified atom stereocenters. The van der Waals surface area contributed by atoms with E-state index in [1.165, 1.54) is 4.68 Å². The summed E-state index contributed by atoms with van der Waals surface area (Å²) >= 11 is 0.